The maximum absolute atomic E-state index is 10.9. The van der Waals surface area contributed by atoms with Crippen LogP contribution in [0.25, 0.3) is 0 Å². The van der Waals surface area contributed by atoms with E-state index in [1.807, 2.05) is 20.0 Å². The normalized spacial score (nSPS) is 16.1. The number of nitrogens with zero attached hydrogens (tertiary/aromatic N) is 1. The van der Waals surface area contributed by atoms with E-state index in [1.165, 1.54) is 12.8 Å². The molecule has 5 heteroatoms. The highest BCUT2D eigenvalue weighted by atomic mass is 16.6. The molecule has 1 fully saturated rings. The Morgan fingerprint density at radius 2 is 2.26 bits per heavy atom. The minimum absolute atomic E-state index is 0.0398. The summed E-state index contributed by atoms with van der Waals surface area (Å²) in [6.45, 7) is 2.26. The number of likely N-dealkylation sites (N-methyl/N-ethyl adjacent to an activating group) is 1. The molecule has 1 unspecified atom stereocenters. The maximum Gasteiger partial charge on any atom is 0.310 e. The molecule has 1 aromatic carbocycles. The van der Waals surface area contributed by atoms with Crippen LogP contribution in [0.1, 0.15) is 25.3 Å². The molecule has 0 aromatic heterocycles. The fraction of sp³-hybridized carbons (Fsp3) is 0.571. The third-order valence-electron chi connectivity index (χ3n) is 3.54. The average Bonchev–Trinajstić information content (AvgIpc) is 3.20. The minimum Gasteiger partial charge on any atom is -0.487 e. The van der Waals surface area contributed by atoms with Gasteiger partial charge in [-0.1, -0.05) is 6.07 Å². The molecule has 0 saturated heterocycles. The molecule has 19 heavy (non-hydrogen) atoms. The molecule has 0 amide bonds. The Labute approximate surface area is 113 Å². The van der Waals surface area contributed by atoms with Gasteiger partial charge in [-0.05, 0) is 50.8 Å². The zero-order chi connectivity index (χ0) is 13.8. The molecular weight excluding hydrogens is 244 g/mol. The first-order chi connectivity index (χ1) is 9.15. The second kappa shape index (κ2) is 6.02. The molecule has 104 valence electrons. The molecular formula is C14H20N2O3. The summed E-state index contributed by atoms with van der Waals surface area (Å²) in [5, 5.41) is 14.2. The molecule has 1 aliphatic rings. The second-order valence-electron chi connectivity index (χ2n) is 4.93. The quantitative estimate of drug-likeness (QED) is 0.607. The number of nitro benzene ring substituents is 1. The van der Waals surface area contributed by atoms with Gasteiger partial charge in [0.1, 0.15) is 0 Å². The van der Waals surface area contributed by atoms with Gasteiger partial charge < -0.3 is 10.1 Å². The zero-order valence-corrected chi connectivity index (χ0v) is 11.4. The van der Waals surface area contributed by atoms with Crippen LogP contribution in [-0.4, -0.2) is 24.6 Å². The van der Waals surface area contributed by atoms with Crippen LogP contribution in [0.4, 0.5) is 5.69 Å². The Morgan fingerprint density at radius 3 is 2.79 bits per heavy atom. The van der Waals surface area contributed by atoms with E-state index >= 15 is 0 Å². The topological polar surface area (TPSA) is 64.4 Å². The first-order valence-corrected chi connectivity index (χ1v) is 6.73. The summed E-state index contributed by atoms with van der Waals surface area (Å²) in [5.74, 6) is 1.12. The van der Waals surface area contributed by atoms with Gasteiger partial charge in [0.05, 0.1) is 11.5 Å². The third kappa shape index (κ3) is 3.44. The number of nitro groups is 1. The Balaban J connectivity index is 2.16. The monoisotopic (exact) mass is 264 g/mol. The van der Waals surface area contributed by atoms with E-state index in [0.717, 1.165) is 17.9 Å². The van der Waals surface area contributed by atoms with Crippen molar-refractivity contribution in [2.75, 3.05) is 13.7 Å². The van der Waals surface area contributed by atoms with Crippen molar-refractivity contribution in [2.45, 2.75) is 32.2 Å². The summed E-state index contributed by atoms with van der Waals surface area (Å²) in [4.78, 5) is 10.5. The maximum atomic E-state index is 10.9. The highest BCUT2D eigenvalue weighted by Crippen LogP contribution is 2.35. The molecule has 2 rings (SSSR count). The minimum atomic E-state index is -0.398. The first-order valence-electron chi connectivity index (χ1n) is 6.73. The van der Waals surface area contributed by atoms with Crippen LogP contribution in [0.15, 0.2) is 18.2 Å². The summed E-state index contributed by atoms with van der Waals surface area (Å²) < 4.78 is 5.37. The van der Waals surface area contributed by atoms with Gasteiger partial charge in [-0.25, -0.2) is 0 Å². The number of benzene rings is 1. The van der Waals surface area contributed by atoms with Crippen LogP contribution in [0.2, 0.25) is 0 Å². The van der Waals surface area contributed by atoms with Crippen LogP contribution in [0.3, 0.4) is 0 Å². The number of hydrogen-bond acceptors (Lipinski definition) is 4. The predicted molar refractivity (Wildman–Crippen MR) is 73.5 cm³/mol. The molecule has 1 aliphatic carbocycles. The van der Waals surface area contributed by atoms with E-state index in [4.69, 9.17) is 4.74 Å². The van der Waals surface area contributed by atoms with Crippen molar-refractivity contribution in [3.05, 3.63) is 33.9 Å². The van der Waals surface area contributed by atoms with Gasteiger partial charge in [0, 0.05) is 12.1 Å². The van der Waals surface area contributed by atoms with Crippen LogP contribution < -0.4 is 10.1 Å². The lowest BCUT2D eigenvalue weighted by atomic mass is 10.0. The summed E-state index contributed by atoms with van der Waals surface area (Å²) in [6, 6.07) is 5.62. The summed E-state index contributed by atoms with van der Waals surface area (Å²) in [6.07, 6.45) is 3.44. The molecule has 0 heterocycles. The number of nitrogens with one attached hydrogen (secondary N) is 1. The standard InChI is InChI=1S/C14H20N2O3/c1-3-19-14-9-10(4-7-13(14)16(17)18)8-12(15-2)11-5-6-11/h4,7,9,11-12,15H,3,5-6,8H2,1-2H3. The lowest BCUT2D eigenvalue weighted by Crippen LogP contribution is -2.29. The van der Waals surface area contributed by atoms with Gasteiger partial charge in [-0.3, -0.25) is 10.1 Å². The highest BCUT2D eigenvalue weighted by molar-refractivity contribution is 5.48. The predicted octanol–water partition coefficient (Wildman–Crippen LogP) is 2.53. The van der Waals surface area contributed by atoms with Crippen molar-refractivity contribution >= 4 is 5.69 Å². The van der Waals surface area contributed by atoms with Gasteiger partial charge in [-0.15, -0.1) is 0 Å². The van der Waals surface area contributed by atoms with E-state index in [1.54, 1.807) is 12.1 Å². The summed E-state index contributed by atoms with van der Waals surface area (Å²) in [5.41, 5.74) is 1.12. The lowest BCUT2D eigenvalue weighted by molar-refractivity contribution is -0.385. The van der Waals surface area contributed by atoms with Gasteiger partial charge in [-0.2, -0.15) is 0 Å². The fourth-order valence-corrected chi connectivity index (χ4v) is 2.36. The van der Waals surface area contributed by atoms with Crippen LogP contribution >= 0.6 is 0 Å². The van der Waals surface area contributed by atoms with Crippen LogP contribution in [0, 0.1) is 16.0 Å². The van der Waals surface area contributed by atoms with E-state index in [2.05, 4.69) is 5.32 Å². The number of ether oxygens (including phenoxy) is 1. The zero-order valence-electron chi connectivity index (χ0n) is 11.4. The Bertz CT molecular complexity index is 458. The Hall–Kier alpha value is -1.62. The lowest BCUT2D eigenvalue weighted by Gasteiger charge is -2.15. The molecule has 5 nitrogen and oxygen atoms in total. The van der Waals surface area contributed by atoms with Crippen molar-refractivity contribution < 1.29 is 9.66 Å². The first kappa shape index (κ1) is 13.8. The molecule has 0 radical (unpaired) electrons. The van der Waals surface area contributed by atoms with Gasteiger partial charge in [0.15, 0.2) is 5.75 Å². The van der Waals surface area contributed by atoms with E-state index < -0.39 is 4.92 Å². The van der Waals surface area contributed by atoms with E-state index in [0.29, 0.717) is 18.4 Å². The van der Waals surface area contributed by atoms with Crippen molar-refractivity contribution in [3.63, 3.8) is 0 Å². The molecule has 0 bridgehead atoms. The van der Waals surface area contributed by atoms with Crippen molar-refractivity contribution in [1.82, 2.24) is 5.32 Å². The van der Waals surface area contributed by atoms with Crippen LogP contribution in [0.5, 0.6) is 5.75 Å². The summed E-state index contributed by atoms with van der Waals surface area (Å²) in [7, 11) is 1.97. The average molecular weight is 264 g/mol. The molecule has 1 atom stereocenters. The highest BCUT2D eigenvalue weighted by Gasteiger charge is 2.30. The SMILES string of the molecule is CCOc1cc(CC(NC)C2CC2)ccc1[N+](=O)[O-]. The van der Waals surface area contributed by atoms with Gasteiger partial charge in [0.25, 0.3) is 0 Å². The van der Waals surface area contributed by atoms with E-state index in [-0.39, 0.29) is 5.69 Å². The van der Waals surface area contributed by atoms with Crippen LogP contribution in [-0.2, 0) is 6.42 Å². The smallest absolute Gasteiger partial charge is 0.310 e. The van der Waals surface area contributed by atoms with Gasteiger partial charge in [0.2, 0.25) is 0 Å². The summed E-state index contributed by atoms with van der Waals surface area (Å²) >= 11 is 0. The van der Waals surface area contributed by atoms with Crippen molar-refractivity contribution in [1.29, 1.82) is 0 Å². The molecule has 1 N–H and O–H groups in total. The largest absolute Gasteiger partial charge is 0.487 e. The molecule has 0 aliphatic heterocycles. The molecule has 1 saturated carbocycles. The second-order valence-corrected chi connectivity index (χ2v) is 4.93. The number of rotatable bonds is 7. The van der Waals surface area contributed by atoms with Gasteiger partial charge >= 0.3 is 5.69 Å². The Kier molecular flexibility index (Phi) is 4.37. The van der Waals surface area contributed by atoms with Crippen molar-refractivity contribution in [3.8, 4) is 5.75 Å². The van der Waals surface area contributed by atoms with Crippen molar-refractivity contribution in [2.24, 2.45) is 5.92 Å². The Morgan fingerprint density at radius 1 is 1.53 bits per heavy atom. The number of hydrogen-bond donors (Lipinski definition) is 1. The fourth-order valence-electron chi connectivity index (χ4n) is 2.36. The third-order valence-corrected chi connectivity index (χ3v) is 3.54. The van der Waals surface area contributed by atoms with E-state index in [9.17, 15) is 10.1 Å². The molecule has 0 spiro atoms. The molecule has 1 aromatic rings.